The van der Waals surface area contributed by atoms with E-state index in [1.807, 2.05) is 6.07 Å². The number of hydrogen-bond acceptors (Lipinski definition) is 4. The van der Waals surface area contributed by atoms with E-state index in [4.69, 9.17) is 0 Å². The number of rotatable bonds is 6. The molecule has 1 aromatic carbocycles. The number of hydrogen-bond donors (Lipinski definition) is 2. The number of carbonyl (C=O) groups excluding carboxylic acids is 1. The number of amides is 1. The van der Waals surface area contributed by atoms with Crippen molar-refractivity contribution in [3.63, 3.8) is 0 Å². The maximum absolute atomic E-state index is 12.2. The lowest BCUT2D eigenvalue weighted by Crippen LogP contribution is -2.14. The molecule has 0 atom stereocenters. The molecular formula is C19H24N4OS. The van der Waals surface area contributed by atoms with Crippen molar-refractivity contribution >= 4 is 23.4 Å². The maximum Gasteiger partial charge on any atom is 0.234 e. The van der Waals surface area contributed by atoms with Gasteiger partial charge in [-0.3, -0.25) is 9.89 Å². The second-order valence-corrected chi connectivity index (χ2v) is 8.04. The predicted octanol–water partition coefficient (Wildman–Crippen LogP) is 3.76. The Morgan fingerprint density at radius 2 is 2.04 bits per heavy atom. The summed E-state index contributed by atoms with van der Waals surface area (Å²) in [4.78, 5) is 16.7. The normalized spacial score (nSPS) is 17.0. The van der Waals surface area contributed by atoms with Crippen molar-refractivity contribution in [3.05, 3.63) is 35.2 Å². The van der Waals surface area contributed by atoms with E-state index in [-0.39, 0.29) is 5.91 Å². The summed E-state index contributed by atoms with van der Waals surface area (Å²) in [5.41, 5.74) is 3.68. The highest BCUT2D eigenvalue weighted by Gasteiger charge is 2.18. The summed E-state index contributed by atoms with van der Waals surface area (Å²) in [5.74, 6) is 2.02. The van der Waals surface area contributed by atoms with Gasteiger partial charge in [-0.05, 0) is 48.4 Å². The van der Waals surface area contributed by atoms with Crippen LogP contribution in [0.1, 0.15) is 49.1 Å². The lowest BCUT2D eigenvalue weighted by molar-refractivity contribution is -0.113. The fraction of sp³-hybridized carbons (Fsp3) is 0.526. The van der Waals surface area contributed by atoms with Crippen molar-refractivity contribution in [1.82, 2.24) is 15.2 Å². The molecule has 2 aromatic rings. The number of aromatic amines is 1. The number of H-pyrrole nitrogens is 1. The Bertz CT molecular complexity index is 752. The molecule has 0 spiro atoms. The van der Waals surface area contributed by atoms with Gasteiger partial charge in [0.1, 0.15) is 5.82 Å². The van der Waals surface area contributed by atoms with Crippen LogP contribution in [0.3, 0.4) is 0 Å². The zero-order chi connectivity index (χ0) is 17.1. The summed E-state index contributed by atoms with van der Waals surface area (Å²) < 4.78 is 0. The Labute approximate surface area is 152 Å². The molecule has 0 unspecified atom stereocenters. The van der Waals surface area contributed by atoms with Crippen molar-refractivity contribution in [2.24, 2.45) is 5.92 Å². The van der Waals surface area contributed by atoms with Gasteiger partial charge in [0.2, 0.25) is 11.1 Å². The Morgan fingerprint density at radius 3 is 2.92 bits per heavy atom. The average molecular weight is 356 g/mol. The van der Waals surface area contributed by atoms with Crippen molar-refractivity contribution in [2.45, 2.75) is 56.5 Å². The summed E-state index contributed by atoms with van der Waals surface area (Å²) >= 11 is 1.39. The lowest BCUT2D eigenvalue weighted by atomic mass is 10.0. The second kappa shape index (κ2) is 7.60. The fourth-order valence-corrected chi connectivity index (χ4v) is 4.52. The molecule has 25 heavy (non-hydrogen) atoms. The molecule has 2 aliphatic carbocycles. The van der Waals surface area contributed by atoms with Crippen LogP contribution in [0.2, 0.25) is 0 Å². The predicted molar refractivity (Wildman–Crippen MR) is 99.9 cm³/mol. The molecule has 1 amide bonds. The van der Waals surface area contributed by atoms with Gasteiger partial charge in [-0.2, -0.15) is 0 Å². The van der Waals surface area contributed by atoms with Gasteiger partial charge in [0.05, 0.1) is 5.75 Å². The van der Waals surface area contributed by atoms with Crippen molar-refractivity contribution < 1.29 is 4.79 Å². The number of aromatic nitrogens is 3. The molecule has 1 fully saturated rings. The largest absolute Gasteiger partial charge is 0.325 e. The summed E-state index contributed by atoms with van der Waals surface area (Å²) in [6.07, 6.45) is 9.75. The Kier molecular flexibility index (Phi) is 5.06. The first kappa shape index (κ1) is 16.6. The van der Waals surface area contributed by atoms with Crippen LogP contribution < -0.4 is 5.32 Å². The van der Waals surface area contributed by atoms with Crippen LogP contribution in [0.15, 0.2) is 23.4 Å². The first-order chi connectivity index (χ1) is 12.3. The Hall–Kier alpha value is -1.82. The molecule has 0 saturated heterocycles. The van der Waals surface area contributed by atoms with E-state index in [2.05, 4.69) is 32.6 Å². The van der Waals surface area contributed by atoms with Gasteiger partial charge in [0.25, 0.3) is 0 Å². The Morgan fingerprint density at radius 1 is 1.20 bits per heavy atom. The molecule has 1 heterocycles. The van der Waals surface area contributed by atoms with Gasteiger partial charge in [-0.1, -0.05) is 43.5 Å². The van der Waals surface area contributed by atoms with Gasteiger partial charge in [0, 0.05) is 12.1 Å². The van der Waals surface area contributed by atoms with E-state index in [0.717, 1.165) is 36.7 Å². The topological polar surface area (TPSA) is 70.7 Å². The summed E-state index contributed by atoms with van der Waals surface area (Å²) in [6.45, 7) is 0. The van der Waals surface area contributed by atoms with Crippen molar-refractivity contribution in [3.8, 4) is 0 Å². The van der Waals surface area contributed by atoms with Crippen LogP contribution in [-0.4, -0.2) is 26.8 Å². The highest BCUT2D eigenvalue weighted by molar-refractivity contribution is 7.99. The fourth-order valence-electron chi connectivity index (χ4n) is 3.90. The number of carbonyl (C=O) groups is 1. The number of anilines is 1. The second-order valence-electron chi connectivity index (χ2n) is 7.09. The van der Waals surface area contributed by atoms with Crippen LogP contribution in [0.5, 0.6) is 0 Å². The first-order valence-corrected chi connectivity index (χ1v) is 10.2. The van der Waals surface area contributed by atoms with Crippen molar-refractivity contribution in [2.75, 3.05) is 11.1 Å². The SMILES string of the molecule is O=C(CSc1n[nH]c(CC2CCCC2)n1)Nc1ccc2c(c1)CCC2. The minimum atomic E-state index is -0.00918. The van der Waals surface area contributed by atoms with Gasteiger partial charge < -0.3 is 5.32 Å². The zero-order valence-corrected chi connectivity index (χ0v) is 15.2. The third-order valence-corrected chi connectivity index (χ3v) is 6.03. The summed E-state index contributed by atoms with van der Waals surface area (Å²) in [5, 5.41) is 10.9. The number of aryl methyl sites for hydroxylation is 2. The molecule has 4 rings (SSSR count). The molecule has 1 aromatic heterocycles. The third-order valence-electron chi connectivity index (χ3n) is 5.18. The molecule has 6 heteroatoms. The monoisotopic (exact) mass is 356 g/mol. The van der Waals surface area contributed by atoms with Gasteiger partial charge in [-0.25, -0.2) is 4.98 Å². The lowest BCUT2D eigenvalue weighted by Gasteiger charge is -2.06. The standard InChI is InChI=1S/C19H24N4OS/c24-18(20-16-9-8-14-6-3-7-15(14)11-16)12-25-19-21-17(22-23-19)10-13-4-1-2-5-13/h8-9,11,13H,1-7,10,12H2,(H,20,24)(H,21,22,23). The summed E-state index contributed by atoms with van der Waals surface area (Å²) in [6, 6.07) is 6.24. The van der Waals surface area contributed by atoms with E-state index in [1.165, 1.54) is 55.0 Å². The quantitative estimate of drug-likeness (QED) is 0.773. The minimum Gasteiger partial charge on any atom is -0.325 e. The molecule has 5 nitrogen and oxygen atoms in total. The smallest absolute Gasteiger partial charge is 0.234 e. The van der Waals surface area contributed by atoms with Crippen LogP contribution in [0.4, 0.5) is 5.69 Å². The minimum absolute atomic E-state index is 0.00918. The van der Waals surface area contributed by atoms with Gasteiger partial charge in [-0.15, -0.1) is 5.10 Å². The number of thioether (sulfide) groups is 1. The third kappa shape index (κ3) is 4.24. The van der Waals surface area contributed by atoms with E-state index in [9.17, 15) is 4.79 Å². The number of nitrogens with zero attached hydrogens (tertiary/aromatic N) is 2. The van der Waals surface area contributed by atoms with Gasteiger partial charge >= 0.3 is 0 Å². The van der Waals surface area contributed by atoms with Crippen LogP contribution in [0.25, 0.3) is 0 Å². The Balaban J connectivity index is 1.26. The molecule has 2 aliphatic rings. The van der Waals surface area contributed by atoms with E-state index in [1.54, 1.807) is 0 Å². The van der Waals surface area contributed by atoms with E-state index >= 15 is 0 Å². The van der Waals surface area contributed by atoms with Crippen LogP contribution >= 0.6 is 11.8 Å². The molecular weight excluding hydrogens is 332 g/mol. The number of fused-ring (bicyclic) bond motifs is 1. The van der Waals surface area contributed by atoms with Crippen LogP contribution in [0, 0.1) is 5.92 Å². The maximum atomic E-state index is 12.2. The number of benzene rings is 1. The first-order valence-electron chi connectivity index (χ1n) is 9.22. The highest BCUT2D eigenvalue weighted by atomic mass is 32.2. The van der Waals surface area contributed by atoms with E-state index in [0.29, 0.717) is 10.9 Å². The summed E-state index contributed by atoms with van der Waals surface area (Å²) in [7, 11) is 0. The average Bonchev–Trinajstić information content (AvgIpc) is 3.35. The van der Waals surface area contributed by atoms with Crippen LogP contribution in [-0.2, 0) is 24.1 Å². The molecule has 132 valence electrons. The molecule has 2 N–H and O–H groups in total. The molecule has 0 aliphatic heterocycles. The van der Waals surface area contributed by atoms with Crippen molar-refractivity contribution in [1.29, 1.82) is 0 Å². The molecule has 1 saturated carbocycles. The van der Waals surface area contributed by atoms with E-state index < -0.39 is 0 Å². The molecule has 0 radical (unpaired) electrons. The van der Waals surface area contributed by atoms with Gasteiger partial charge in [0.15, 0.2) is 0 Å². The molecule has 0 bridgehead atoms. The highest BCUT2D eigenvalue weighted by Crippen LogP contribution is 2.28. The number of nitrogens with one attached hydrogen (secondary N) is 2. The zero-order valence-electron chi connectivity index (χ0n) is 14.4.